The van der Waals surface area contributed by atoms with Gasteiger partial charge in [-0.2, -0.15) is 0 Å². The smallest absolute Gasteiger partial charge is 0.0706 e. The van der Waals surface area contributed by atoms with Crippen LogP contribution >= 0.6 is 0 Å². The average molecular weight is 215 g/mol. The second kappa shape index (κ2) is 4.60. The van der Waals surface area contributed by atoms with Crippen LogP contribution in [0.15, 0.2) is 36.4 Å². The van der Waals surface area contributed by atoms with Gasteiger partial charge in [0.2, 0.25) is 0 Å². The SMILES string of the molecule is CC(C)C(NN)c1ccc2ccccc2n1. The van der Waals surface area contributed by atoms with E-state index in [0.29, 0.717) is 5.92 Å². The lowest BCUT2D eigenvalue weighted by atomic mass is 10.0. The third-order valence-electron chi connectivity index (χ3n) is 2.78. The van der Waals surface area contributed by atoms with Crippen molar-refractivity contribution in [3.63, 3.8) is 0 Å². The molecule has 3 N–H and O–H groups in total. The predicted octanol–water partition coefficient (Wildman–Crippen LogP) is 2.40. The van der Waals surface area contributed by atoms with Gasteiger partial charge in [-0.15, -0.1) is 0 Å². The Kier molecular flexibility index (Phi) is 3.17. The highest BCUT2D eigenvalue weighted by Crippen LogP contribution is 2.21. The number of aromatic nitrogens is 1. The van der Waals surface area contributed by atoms with E-state index in [0.717, 1.165) is 16.6 Å². The quantitative estimate of drug-likeness (QED) is 0.610. The van der Waals surface area contributed by atoms with Gasteiger partial charge in [0.25, 0.3) is 0 Å². The van der Waals surface area contributed by atoms with Crippen molar-refractivity contribution >= 4 is 10.9 Å². The van der Waals surface area contributed by atoms with E-state index in [9.17, 15) is 0 Å². The summed E-state index contributed by atoms with van der Waals surface area (Å²) in [7, 11) is 0. The number of benzene rings is 1. The molecule has 1 heterocycles. The van der Waals surface area contributed by atoms with Gasteiger partial charge in [0.05, 0.1) is 17.3 Å². The van der Waals surface area contributed by atoms with Crippen molar-refractivity contribution in [1.82, 2.24) is 10.4 Å². The van der Waals surface area contributed by atoms with Crippen LogP contribution in [0.3, 0.4) is 0 Å². The van der Waals surface area contributed by atoms with E-state index in [1.54, 1.807) is 0 Å². The molecule has 0 amide bonds. The molecule has 1 aromatic heterocycles. The van der Waals surface area contributed by atoms with E-state index >= 15 is 0 Å². The van der Waals surface area contributed by atoms with Crippen LogP contribution in [0.2, 0.25) is 0 Å². The monoisotopic (exact) mass is 215 g/mol. The summed E-state index contributed by atoms with van der Waals surface area (Å²) in [5, 5.41) is 1.16. The highest BCUT2D eigenvalue weighted by atomic mass is 15.2. The number of nitrogens with two attached hydrogens (primary N) is 1. The molecule has 16 heavy (non-hydrogen) atoms. The molecule has 0 spiro atoms. The van der Waals surface area contributed by atoms with Crippen molar-refractivity contribution in [3.8, 4) is 0 Å². The molecular formula is C13H17N3. The van der Waals surface area contributed by atoms with Crippen LogP contribution in [-0.2, 0) is 0 Å². The van der Waals surface area contributed by atoms with E-state index in [-0.39, 0.29) is 6.04 Å². The summed E-state index contributed by atoms with van der Waals surface area (Å²) in [6.45, 7) is 4.25. The molecule has 1 atom stereocenters. The molecular weight excluding hydrogens is 198 g/mol. The molecule has 84 valence electrons. The summed E-state index contributed by atoms with van der Waals surface area (Å²) < 4.78 is 0. The number of pyridine rings is 1. The van der Waals surface area contributed by atoms with Crippen molar-refractivity contribution in [2.45, 2.75) is 19.9 Å². The van der Waals surface area contributed by atoms with Crippen LogP contribution in [0.4, 0.5) is 0 Å². The van der Waals surface area contributed by atoms with Gasteiger partial charge >= 0.3 is 0 Å². The minimum Gasteiger partial charge on any atom is -0.271 e. The van der Waals surface area contributed by atoms with E-state index in [1.807, 2.05) is 24.3 Å². The number of fused-ring (bicyclic) bond motifs is 1. The maximum absolute atomic E-state index is 5.56. The van der Waals surface area contributed by atoms with Gasteiger partial charge in [-0.25, -0.2) is 0 Å². The summed E-state index contributed by atoms with van der Waals surface area (Å²) in [6.07, 6.45) is 0. The molecule has 0 bridgehead atoms. The first kappa shape index (κ1) is 11.0. The Hall–Kier alpha value is -1.45. The molecule has 3 nitrogen and oxygen atoms in total. The number of nitrogens with one attached hydrogen (secondary N) is 1. The molecule has 3 heteroatoms. The lowest BCUT2D eigenvalue weighted by Gasteiger charge is -2.19. The van der Waals surface area contributed by atoms with E-state index in [2.05, 4.69) is 36.4 Å². The molecule has 2 aromatic rings. The van der Waals surface area contributed by atoms with E-state index < -0.39 is 0 Å². The standard InChI is InChI=1S/C13H17N3/c1-9(2)13(16-14)12-8-7-10-5-3-4-6-11(10)15-12/h3-9,13,16H,14H2,1-2H3. The topological polar surface area (TPSA) is 50.9 Å². The maximum Gasteiger partial charge on any atom is 0.0706 e. The third kappa shape index (κ3) is 2.05. The maximum atomic E-state index is 5.56. The van der Waals surface area contributed by atoms with Crippen molar-refractivity contribution in [2.75, 3.05) is 0 Å². The van der Waals surface area contributed by atoms with Crippen LogP contribution in [-0.4, -0.2) is 4.98 Å². The summed E-state index contributed by atoms with van der Waals surface area (Å²) in [5.41, 5.74) is 4.83. The number of hydrogen-bond acceptors (Lipinski definition) is 3. The number of rotatable bonds is 3. The predicted molar refractivity (Wildman–Crippen MR) is 66.6 cm³/mol. The van der Waals surface area contributed by atoms with Crippen molar-refractivity contribution in [1.29, 1.82) is 0 Å². The summed E-state index contributed by atoms with van der Waals surface area (Å²) in [5.74, 6) is 5.98. The molecule has 0 radical (unpaired) electrons. The molecule has 0 aliphatic rings. The number of hydrogen-bond donors (Lipinski definition) is 2. The second-order valence-electron chi connectivity index (χ2n) is 4.32. The fourth-order valence-corrected chi connectivity index (χ4v) is 1.87. The molecule has 0 aliphatic heterocycles. The molecule has 1 unspecified atom stereocenters. The Bertz CT molecular complexity index is 479. The van der Waals surface area contributed by atoms with Crippen molar-refractivity contribution in [3.05, 3.63) is 42.1 Å². The second-order valence-corrected chi connectivity index (χ2v) is 4.32. The molecule has 2 rings (SSSR count). The minimum absolute atomic E-state index is 0.101. The van der Waals surface area contributed by atoms with Gasteiger partial charge < -0.3 is 0 Å². The first-order valence-electron chi connectivity index (χ1n) is 5.54. The molecule has 0 aliphatic carbocycles. The van der Waals surface area contributed by atoms with Crippen molar-refractivity contribution < 1.29 is 0 Å². The highest BCUT2D eigenvalue weighted by molar-refractivity contribution is 5.78. The largest absolute Gasteiger partial charge is 0.271 e. The molecule has 1 aromatic carbocycles. The lowest BCUT2D eigenvalue weighted by molar-refractivity contribution is 0.413. The normalized spacial score (nSPS) is 13.2. The van der Waals surface area contributed by atoms with Crippen LogP contribution in [0, 0.1) is 5.92 Å². The Balaban J connectivity index is 2.45. The Labute approximate surface area is 95.7 Å². The number of hydrazine groups is 1. The van der Waals surface area contributed by atoms with Gasteiger partial charge in [-0.1, -0.05) is 38.1 Å². The minimum atomic E-state index is 0.101. The first-order valence-corrected chi connectivity index (χ1v) is 5.54. The fraction of sp³-hybridized carbons (Fsp3) is 0.308. The Morgan fingerprint density at radius 2 is 1.88 bits per heavy atom. The average Bonchev–Trinajstić information content (AvgIpc) is 2.29. The van der Waals surface area contributed by atoms with Gasteiger partial charge in [-0.3, -0.25) is 16.3 Å². The Morgan fingerprint density at radius 3 is 2.56 bits per heavy atom. The number of para-hydroxylation sites is 1. The zero-order valence-corrected chi connectivity index (χ0v) is 9.64. The zero-order valence-electron chi connectivity index (χ0n) is 9.64. The third-order valence-corrected chi connectivity index (χ3v) is 2.78. The molecule has 0 saturated carbocycles. The summed E-state index contributed by atoms with van der Waals surface area (Å²) in [6, 6.07) is 12.3. The van der Waals surface area contributed by atoms with Crippen LogP contribution in [0.1, 0.15) is 25.6 Å². The van der Waals surface area contributed by atoms with Gasteiger partial charge in [-0.05, 0) is 18.1 Å². The van der Waals surface area contributed by atoms with Gasteiger partial charge in [0.1, 0.15) is 0 Å². The first-order chi connectivity index (χ1) is 7.72. The molecule has 0 saturated heterocycles. The van der Waals surface area contributed by atoms with Crippen LogP contribution < -0.4 is 11.3 Å². The van der Waals surface area contributed by atoms with Crippen molar-refractivity contribution in [2.24, 2.45) is 11.8 Å². The highest BCUT2D eigenvalue weighted by Gasteiger charge is 2.15. The Morgan fingerprint density at radius 1 is 1.12 bits per heavy atom. The van der Waals surface area contributed by atoms with Crippen LogP contribution in [0.25, 0.3) is 10.9 Å². The lowest BCUT2D eigenvalue weighted by Crippen LogP contribution is -2.32. The van der Waals surface area contributed by atoms with E-state index in [1.165, 1.54) is 0 Å². The summed E-state index contributed by atoms with van der Waals surface area (Å²) in [4.78, 5) is 4.63. The fourth-order valence-electron chi connectivity index (χ4n) is 1.87. The zero-order chi connectivity index (χ0) is 11.5. The molecule has 0 fully saturated rings. The van der Waals surface area contributed by atoms with Gasteiger partial charge in [0, 0.05) is 5.39 Å². The van der Waals surface area contributed by atoms with Gasteiger partial charge in [0.15, 0.2) is 0 Å². The van der Waals surface area contributed by atoms with E-state index in [4.69, 9.17) is 5.84 Å². The summed E-state index contributed by atoms with van der Waals surface area (Å²) >= 11 is 0. The number of nitrogens with zero attached hydrogens (tertiary/aromatic N) is 1. The van der Waals surface area contributed by atoms with Crippen LogP contribution in [0.5, 0.6) is 0 Å².